The topological polar surface area (TPSA) is 55.6 Å². The third kappa shape index (κ3) is 2.96. The number of aromatic nitrogens is 4. The van der Waals surface area contributed by atoms with Gasteiger partial charge in [0.05, 0.1) is 24.1 Å². The second kappa shape index (κ2) is 6.22. The lowest BCUT2D eigenvalue weighted by atomic mass is 9.94. The molecule has 144 valence electrons. The molecular formula is C20H27N5OS. The van der Waals surface area contributed by atoms with Crippen LogP contribution >= 0.6 is 11.3 Å². The summed E-state index contributed by atoms with van der Waals surface area (Å²) in [5.41, 5.74) is 2.18. The van der Waals surface area contributed by atoms with Crippen molar-refractivity contribution in [2.75, 3.05) is 6.54 Å². The second-order valence-electron chi connectivity index (χ2n) is 8.65. The molecule has 0 aromatic carbocycles. The number of thiophene rings is 1. The first-order valence-corrected chi connectivity index (χ1v) is 10.8. The van der Waals surface area contributed by atoms with Crippen molar-refractivity contribution in [3.63, 3.8) is 0 Å². The summed E-state index contributed by atoms with van der Waals surface area (Å²) in [5, 5.41) is 6.01. The highest BCUT2D eigenvalue weighted by molar-refractivity contribution is 7.19. The second-order valence-corrected chi connectivity index (χ2v) is 9.73. The number of rotatable bonds is 2. The van der Waals surface area contributed by atoms with Gasteiger partial charge in [0.1, 0.15) is 10.7 Å². The SMILES string of the molecule is Cc1nc2sc3c(c2c2nc(CN4CCCC[C@H]4C)nn12)CC(C)(C)OC3. The summed E-state index contributed by atoms with van der Waals surface area (Å²) >= 11 is 1.75. The average molecular weight is 386 g/mol. The van der Waals surface area contributed by atoms with Crippen LogP contribution < -0.4 is 0 Å². The van der Waals surface area contributed by atoms with Gasteiger partial charge in [0.2, 0.25) is 0 Å². The molecule has 0 radical (unpaired) electrons. The highest BCUT2D eigenvalue weighted by Crippen LogP contribution is 2.39. The van der Waals surface area contributed by atoms with E-state index in [0.717, 1.165) is 41.6 Å². The fourth-order valence-corrected chi connectivity index (χ4v) is 5.57. The summed E-state index contributed by atoms with van der Waals surface area (Å²) in [7, 11) is 0. The predicted molar refractivity (Wildman–Crippen MR) is 107 cm³/mol. The lowest BCUT2D eigenvalue weighted by Crippen LogP contribution is -2.37. The Morgan fingerprint density at radius 2 is 2.11 bits per heavy atom. The van der Waals surface area contributed by atoms with Gasteiger partial charge in [-0.15, -0.1) is 16.4 Å². The van der Waals surface area contributed by atoms with Gasteiger partial charge in [0, 0.05) is 17.3 Å². The van der Waals surface area contributed by atoms with Crippen LogP contribution in [0, 0.1) is 6.92 Å². The van der Waals surface area contributed by atoms with Crippen molar-refractivity contribution in [3.05, 3.63) is 22.1 Å². The molecule has 3 aromatic heterocycles. The van der Waals surface area contributed by atoms with Crippen LogP contribution in [0.1, 0.15) is 62.1 Å². The Morgan fingerprint density at radius 3 is 2.93 bits per heavy atom. The first-order valence-electron chi connectivity index (χ1n) is 9.96. The summed E-state index contributed by atoms with van der Waals surface area (Å²) in [6.07, 6.45) is 4.77. The molecular weight excluding hydrogens is 358 g/mol. The number of aryl methyl sites for hydroxylation is 1. The summed E-state index contributed by atoms with van der Waals surface area (Å²) < 4.78 is 7.96. The molecule has 1 saturated heterocycles. The normalized spacial score (nSPS) is 23.2. The Hall–Kier alpha value is -1.57. The number of hydrogen-bond acceptors (Lipinski definition) is 6. The van der Waals surface area contributed by atoms with Crippen molar-refractivity contribution in [1.29, 1.82) is 0 Å². The quantitative estimate of drug-likeness (QED) is 0.670. The minimum absolute atomic E-state index is 0.144. The van der Waals surface area contributed by atoms with Crippen molar-refractivity contribution in [3.8, 4) is 0 Å². The van der Waals surface area contributed by atoms with Crippen LogP contribution in [0.15, 0.2) is 0 Å². The van der Waals surface area contributed by atoms with E-state index in [1.165, 1.54) is 35.1 Å². The van der Waals surface area contributed by atoms with E-state index in [2.05, 4.69) is 25.7 Å². The fraction of sp³-hybridized carbons (Fsp3) is 0.650. The Bertz CT molecular complexity index is 1020. The van der Waals surface area contributed by atoms with Crippen LogP contribution in [0.5, 0.6) is 0 Å². The molecule has 0 saturated carbocycles. The molecule has 2 aliphatic heterocycles. The van der Waals surface area contributed by atoms with Crippen molar-refractivity contribution in [2.45, 2.75) is 78.2 Å². The van der Waals surface area contributed by atoms with Crippen LogP contribution in [0.2, 0.25) is 0 Å². The fourth-order valence-electron chi connectivity index (χ4n) is 4.43. The maximum atomic E-state index is 6.01. The number of fused-ring (bicyclic) bond motifs is 5. The molecule has 2 aliphatic rings. The Kier molecular flexibility index (Phi) is 4.04. The van der Waals surface area contributed by atoms with Crippen LogP contribution in [0.25, 0.3) is 15.9 Å². The monoisotopic (exact) mass is 385 g/mol. The van der Waals surface area contributed by atoms with E-state index >= 15 is 0 Å². The highest BCUT2D eigenvalue weighted by atomic mass is 32.1. The molecule has 0 bridgehead atoms. The molecule has 5 rings (SSSR count). The Labute approximate surface area is 163 Å². The number of likely N-dealkylation sites (tertiary alicyclic amines) is 1. The molecule has 1 atom stereocenters. The van der Waals surface area contributed by atoms with E-state index in [-0.39, 0.29) is 5.60 Å². The lowest BCUT2D eigenvalue weighted by Gasteiger charge is -2.32. The minimum Gasteiger partial charge on any atom is -0.370 e. The smallest absolute Gasteiger partial charge is 0.168 e. The van der Waals surface area contributed by atoms with Gasteiger partial charge >= 0.3 is 0 Å². The molecule has 5 heterocycles. The van der Waals surface area contributed by atoms with E-state index in [4.69, 9.17) is 19.8 Å². The van der Waals surface area contributed by atoms with E-state index < -0.39 is 0 Å². The minimum atomic E-state index is -0.144. The van der Waals surface area contributed by atoms with Gasteiger partial charge in [-0.05, 0) is 52.6 Å². The third-order valence-corrected chi connectivity index (χ3v) is 7.10. The van der Waals surface area contributed by atoms with Gasteiger partial charge in [-0.25, -0.2) is 9.97 Å². The van der Waals surface area contributed by atoms with Crippen LogP contribution in [0.4, 0.5) is 0 Å². The van der Waals surface area contributed by atoms with Gasteiger partial charge in [-0.1, -0.05) is 6.42 Å². The Balaban J connectivity index is 1.62. The van der Waals surface area contributed by atoms with Crippen LogP contribution in [-0.2, 0) is 24.3 Å². The van der Waals surface area contributed by atoms with E-state index in [9.17, 15) is 0 Å². The van der Waals surface area contributed by atoms with Gasteiger partial charge in [-0.2, -0.15) is 4.52 Å². The predicted octanol–water partition coefficient (Wildman–Crippen LogP) is 3.87. The van der Waals surface area contributed by atoms with Crippen molar-refractivity contribution in [2.24, 2.45) is 0 Å². The zero-order valence-electron chi connectivity index (χ0n) is 16.6. The highest BCUT2D eigenvalue weighted by Gasteiger charge is 2.31. The molecule has 3 aromatic rings. The van der Waals surface area contributed by atoms with Gasteiger partial charge in [0.25, 0.3) is 0 Å². The summed E-state index contributed by atoms with van der Waals surface area (Å²) in [6, 6.07) is 0.608. The molecule has 27 heavy (non-hydrogen) atoms. The van der Waals surface area contributed by atoms with E-state index in [1.54, 1.807) is 11.3 Å². The summed E-state index contributed by atoms with van der Waals surface area (Å²) in [6.45, 7) is 11.3. The molecule has 7 heteroatoms. The zero-order chi connectivity index (χ0) is 18.8. The van der Waals surface area contributed by atoms with Crippen molar-refractivity contribution < 1.29 is 4.74 Å². The maximum Gasteiger partial charge on any atom is 0.168 e. The molecule has 1 fully saturated rings. The van der Waals surface area contributed by atoms with Crippen molar-refractivity contribution >= 4 is 27.2 Å². The van der Waals surface area contributed by atoms with E-state index in [0.29, 0.717) is 12.6 Å². The van der Waals surface area contributed by atoms with Crippen LogP contribution in [0.3, 0.4) is 0 Å². The molecule has 0 unspecified atom stereocenters. The standard InChI is InChI=1S/C20H27N5OS/c1-12-7-5-6-8-24(12)10-16-22-18-17-14-9-20(3,4)26-11-15(14)27-19(17)21-13(2)25(18)23-16/h12H,5-11H2,1-4H3/t12-/m1/s1. The maximum absolute atomic E-state index is 6.01. The zero-order valence-corrected chi connectivity index (χ0v) is 17.4. The average Bonchev–Trinajstić information content (AvgIpc) is 3.17. The Morgan fingerprint density at radius 1 is 1.26 bits per heavy atom. The lowest BCUT2D eigenvalue weighted by molar-refractivity contribution is -0.0379. The third-order valence-electron chi connectivity index (χ3n) is 6.00. The first kappa shape index (κ1) is 17.5. The summed E-state index contributed by atoms with van der Waals surface area (Å²) in [4.78, 5) is 14.7. The number of nitrogens with zero attached hydrogens (tertiary/aromatic N) is 5. The van der Waals surface area contributed by atoms with Gasteiger partial charge < -0.3 is 4.74 Å². The number of hydrogen-bond donors (Lipinski definition) is 0. The molecule has 6 nitrogen and oxygen atoms in total. The molecule has 0 amide bonds. The molecule has 0 aliphatic carbocycles. The molecule has 0 N–H and O–H groups in total. The van der Waals surface area contributed by atoms with Gasteiger partial charge in [0.15, 0.2) is 11.5 Å². The van der Waals surface area contributed by atoms with Crippen LogP contribution in [-0.4, -0.2) is 42.7 Å². The molecule has 0 spiro atoms. The summed E-state index contributed by atoms with van der Waals surface area (Å²) in [5.74, 6) is 1.81. The number of piperidine rings is 1. The number of ether oxygens (including phenoxy) is 1. The first-order chi connectivity index (χ1) is 12.9. The van der Waals surface area contributed by atoms with Crippen molar-refractivity contribution in [1.82, 2.24) is 24.5 Å². The van der Waals surface area contributed by atoms with E-state index in [1.807, 2.05) is 11.4 Å². The van der Waals surface area contributed by atoms with Gasteiger partial charge in [-0.3, -0.25) is 4.90 Å². The largest absolute Gasteiger partial charge is 0.370 e.